The summed E-state index contributed by atoms with van der Waals surface area (Å²) in [6.45, 7) is 5.36. The molecule has 2 unspecified atom stereocenters. The van der Waals surface area contributed by atoms with Crippen LogP contribution in [0.1, 0.15) is 40.6 Å². The van der Waals surface area contributed by atoms with E-state index in [1.165, 1.54) is 0 Å². The Morgan fingerprint density at radius 3 is 2.69 bits per heavy atom. The van der Waals surface area contributed by atoms with E-state index in [0.717, 1.165) is 30.8 Å². The van der Waals surface area contributed by atoms with Gasteiger partial charge in [-0.1, -0.05) is 17.7 Å². The van der Waals surface area contributed by atoms with Crippen LogP contribution in [0.3, 0.4) is 0 Å². The van der Waals surface area contributed by atoms with Gasteiger partial charge in [0, 0.05) is 57.7 Å². The van der Waals surface area contributed by atoms with Gasteiger partial charge in [-0.25, -0.2) is 4.98 Å². The van der Waals surface area contributed by atoms with Crippen LogP contribution in [0.15, 0.2) is 36.7 Å². The monoisotopic (exact) mass is 395 g/mol. The van der Waals surface area contributed by atoms with Crippen molar-refractivity contribution in [1.29, 1.82) is 0 Å². The highest BCUT2D eigenvalue weighted by Gasteiger charge is 2.36. The summed E-state index contributed by atoms with van der Waals surface area (Å²) in [5, 5.41) is 3.38. The molecule has 2 fully saturated rings. The van der Waals surface area contributed by atoms with E-state index < -0.39 is 0 Å². The lowest BCUT2D eigenvalue weighted by molar-refractivity contribution is -0.140. The zero-order chi connectivity index (χ0) is 20.4. The molecule has 0 spiro atoms. The average Bonchev–Trinajstić information content (AvgIpc) is 3.19. The molecule has 2 amide bonds. The largest absolute Gasteiger partial charge is 0.338 e. The normalized spacial score (nSPS) is 22.6. The van der Waals surface area contributed by atoms with E-state index in [2.05, 4.69) is 10.3 Å². The zero-order valence-electron chi connectivity index (χ0n) is 17.2. The smallest absolute Gasteiger partial charge is 0.253 e. The second-order valence-corrected chi connectivity index (χ2v) is 8.10. The third kappa shape index (κ3) is 4.05. The summed E-state index contributed by atoms with van der Waals surface area (Å²) in [6.07, 6.45) is 5.37. The standard InChI is InChI=1S/C22H29N5O2/c1-16-5-7-17(8-6-16)21(28)26-11-3-4-18(15-26)22(29)27-13-9-23-14-19(27)20-24-10-12-25(20)2/h5-8,10,12,18-19,23H,3-4,9,11,13-15H2,1-2H3. The Kier molecular flexibility index (Phi) is 5.67. The lowest BCUT2D eigenvalue weighted by Gasteiger charge is -2.40. The maximum Gasteiger partial charge on any atom is 0.253 e. The van der Waals surface area contributed by atoms with E-state index in [4.69, 9.17) is 0 Å². The van der Waals surface area contributed by atoms with Gasteiger partial charge in [-0.15, -0.1) is 0 Å². The maximum absolute atomic E-state index is 13.4. The average molecular weight is 396 g/mol. The molecule has 0 radical (unpaired) electrons. The minimum absolute atomic E-state index is 0.0171. The predicted molar refractivity (Wildman–Crippen MR) is 110 cm³/mol. The van der Waals surface area contributed by atoms with Crippen molar-refractivity contribution in [2.45, 2.75) is 25.8 Å². The molecule has 2 atom stereocenters. The molecule has 29 heavy (non-hydrogen) atoms. The van der Waals surface area contributed by atoms with Crippen molar-refractivity contribution in [1.82, 2.24) is 24.7 Å². The summed E-state index contributed by atoms with van der Waals surface area (Å²) < 4.78 is 1.98. The molecule has 1 aromatic carbocycles. The van der Waals surface area contributed by atoms with Crippen molar-refractivity contribution in [2.24, 2.45) is 13.0 Å². The molecule has 3 heterocycles. The number of carbonyl (C=O) groups excluding carboxylic acids is 2. The first-order valence-electron chi connectivity index (χ1n) is 10.4. The van der Waals surface area contributed by atoms with E-state index >= 15 is 0 Å². The number of aryl methyl sites for hydroxylation is 2. The van der Waals surface area contributed by atoms with Crippen molar-refractivity contribution in [3.8, 4) is 0 Å². The second-order valence-electron chi connectivity index (χ2n) is 8.10. The number of imidazole rings is 1. The van der Waals surface area contributed by atoms with Gasteiger partial charge in [-0.2, -0.15) is 0 Å². The Labute approximate surface area is 171 Å². The lowest BCUT2D eigenvalue weighted by Crippen LogP contribution is -2.53. The minimum Gasteiger partial charge on any atom is -0.338 e. The molecular weight excluding hydrogens is 366 g/mol. The molecule has 0 aliphatic carbocycles. The summed E-state index contributed by atoms with van der Waals surface area (Å²) in [5.74, 6) is 0.900. The highest BCUT2D eigenvalue weighted by atomic mass is 16.2. The fraction of sp³-hybridized carbons (Fsp3) is 0.500. The molecule has 7 heteroatoms. The Morgan fingerprint density at radius 1 is 1.17 bits per heavy atom. The van der Waals surface area contributed by atoms with Gasteiger partial charge in [0.25, 0.3) is 5.91 Å². The van der Waals surface area contributed by atoms with Crippen LogP contribution in [0.2, 0.25) is 0 Å². The summed E-state index contributed by atoms with van der Waals surface area (Å²) >= 11 is 0. The van der Waals surface area contributed by atoms with E-state index in [-0.39, 0.29) is 23.8 Å². The number of hydrogen-bond donors (Lipinski definition) is 1. The van der Waals surface area contributed by atoms with Gasteiger partial charge in [0.05, 0.1) is 5.92 Å². The SMILES string of the molecule is Cc1ccc(C(=O)N2CCCC(C(=O)N3CCNCC3c3nccn3C)C2)cc1. The first-order valence-corrected chi connectivity index (χ1v) is 10.4. The van der Waals surface area contributed by atoms with Gasteiger partial charge in [0.2, 0.25) is 5.91 Å². The number of carbonyl (C=O) groups is 2. The molecule has 2 aliphatic heterocycles. The first-order chi connectivity index (χ1) is 14.0. The van der Waals surface area contributed by atoms with Gasteiger partial charge in [0.1, 0.15) is 11.9 Å². The van der Waals surface area contributed by atoms with Crippen LogP contribution in [-0.4, -0.2) is 63.9 Å². The number of hydrogen-bond acceptors (Lipinski definition) is 4. The molecule has 0 bridgehead atoms. The van der Waals surface area contributed by atoms with Gasteiger partial charge < -0.3 is 19.7 Å². The third-order valence-corrected chi connectivity index (χ3v) is 6.04. The summed E-state index contributed by atoms with van der Waals surface area (Å²) in [5.41, 5.74) is 1.82. The molecule has 154 valence electrons. The zero-order valence-corrected chi connectivity index (χ0v) is 17.2. The number of aromatic nitrogens is 2. The second kappa shape index (κ2) is 8.37. The van der Waals surface area contributed by atoms with Crippen LogP contribution in [0.5, 0.6) is 0 Å². The highest BCUT2D eigenvalue weighted by molar-refractivity contribution is 5.94. The maximum atomic E-state index is 13.4. The van der Waals surface area contributed by atoms with Crippen molar-refractivity contribution in [3.05, 3.63) is 53.6 Å². The van der Waals surface area contributed by atoms with Crippen LogP contribution in [0.25, 0.3) is 0 Å². The van der Waals surface area contributed by atoms with Crippen molar-refractivity contribution in [3.63, 3.8) is 0 Å². The third-order valence-electron chi connectivity index (χ3n) is 6.04. The summed E-state index contributed by atoms with van der Waals surface area (Å²) in [4.78, 5) is 34.6. The number of benzene rings is 1. The summed E-state index contributed by atoms with van der Waals surface area (Å²) in [7, 11) is 1.96. The van der Waals surface area contributed by atoms with Gasteiger partial charge >= 0.3 is 0 Å². The molecule has 4 rings (SSSR count). The van der Waals surface area contributed by atoms with Crippen LogP contribution in [0.4, 0.5) is 0 Å². The van der Waals surface area contributed by atoms with E-state index in [1.807, 2.05) is 58.8 Å². The Bertz CT molecular complexity index is 876. The van der Waals surface area contributed by atoms with E-state index in [0.29, 0.717) is 31.7 Å². The van der Waals surface area contributed by atoms with Gasteiger partial charge in [-0.05, 0) is 31.9 Å². The van der Waals surface area contributed by atoms with Crippen molar-refractivity contribution in [2.75, 3.05) is 32.7 Å². The number of piperidine rings is 1. The fourth-order valence-electron chi connectivity index (χ4n) is 4.37. The van der Waals surface area contributed by atoms with Crippen LogP contribution >= 0.6 is 0 Å². The molecule has 7 nitrogen and oxygen atoms in total. The Hall–Kier alpha value is -2.67. The Balaban J connectivity index is 1.48. The van der Waals surface area contributed by atoms with Crippen LogP contribution < -0.4 is 5.32 Å². The number of amides is 2. The molecule has 2 aromatic rings. The number of likely N-dealkylation sites (tertiary alicyclic amines) is 1. The van der Waals surface area contributed by atoms with E-state index in [1.54, 1.807) is 6.20 Å². The van der Waals surface area contributed by atoms with E-state index in [9.17, 15) is 9.59 Å². The van der Waals surface area contributed by atoms with Crippen molar-refractivity contribution >= 4 is 11.8 Å². The van der Waals surface area contributed by atoms with Crippen LogP contribution in [-0.2, 0) is 11.8 Å². The first kappa shape index (κ1) is 19.6. The van der Waals surface area contributed by atoms with Gasteiger partial charge in [-0.3, -0.25) is 9.59 Å². The highest BCUT2D eigenvalue weighted by Crippen LogP contribution is 2.27. The lowest BCUT2D eigenvalue weighted by atomic mass is 9.94. The minimum atomic E-state index is -0.154. The quantitative estimate of drug-likeness (QED) is 0.860. The molecule has 0 saturated carbocycles. The number of rotatable bonds is 3. The predicted octanol–water partition coefficient (Wildman–Crippen LogP) is 1.75. The Morgan fingerprint density at radius 2 is 1.97 bits per heavy atom. The van der Waals surface area contributed by atoms with Crippen molar-refractivity contribution < 1.29 is 9.59 Å². The number of nitrogens with one attached hydrogen (secondary N) is 1. The molecule has 1 aromatic heterocycles. The fourth-order valence-corrected chi connectivity index (χ4v) is 4.37. The van der Waals surface area contributed by atoms with Crippen LogP contribution in [0, 0.1) is 12.8 Å². The molecular formula is C22H29N5O2. The molecule has 2 saturated heterocycles. The molecule has 1 N–H and O–H groups in total. The molecule has 2 aliphatic rings. The van der Waals surface area contributed by atoms with Gasteiger partial charge in [0.15, 0.2) is 0 Å². The topological polar surface area (TPSA) is 70.5 Å². The number of nitrogens with zero attached hydrogens (tertiary/aromatic N) is 4. The number of piperazine rings is 1. The summed E-state index contributed by atoms with van der Waals surface area (Å²) in [6, 6.07) is 7.59.